The summed E-state index contributed by atoms with van der Waals surface area (Å²) in [7, 11) is -2.03. The quantitative estimate of drug-likeness (QED) is 0.776. The van der Waals surface area contributed by atoms with Gasteiger partial charge in [-0.2, -0.15) is 0 Å². The average molecular weight is 348 g/mol. The van der Waals surface area contributed by atoms with Crippen molar-refractivity contribution in [3.63, 3.8) is 0 Å². The maximum Gasteiger partial charge on any atom is 0.253 e. The molecule has 1 amide bonds. The molecule has 24 heavy (non-hydrogen) atoms. The molecule has 0 aliphatic heterocycles. The summed E-state index contributed by atoms with van der Waals surface area (Å²) in [6.07, 6.45) is 1.09. The Morgan fingerprint density at radius 1 is 1.08 bits per heavy atom. The molecule has 0 aliphatic carbocycles. The predicted molar refractivity (Wildman–Crippen MR) is 94.0 cm³/mol. The molecule has 0 saturated heterocycles. The third-order valence-corrected chi connectivity index (χ3v) is 4.58. The molecule has 0 aliphatic rings. The smallest absolute Gasteiger partial charge is 0.253 e. The van der Waals surface area contributed by atoms with Gasteiger partial charge in [-0.25, -0.2) is 8.42 Å². The molecule has 0 atom stereocenters. The van der Waals surface area contributed by atoms with Gasteiger partial charge in [-0.3, -0.25) is 9.10 Å². The average Bonchev–Trinajstić information content (AvgIpc) is 2.58. The number of benzene rings is 2. The van der Waals surface area contributed by atoms with Gasteiger partial charge in [-0.05, 0) is 24.3 Å². The van der Waals surface area contributed by atoms with Crippen LogP contribution in [0.5, 0.6) is 5.75 Å². The third-order valence-electron chi connectivity index (χ3n) is 3.38. The van der Waals surface area contributed by atoms with E-state index in [0.717, 1.165) is 16.3 Å². The Morgan fingerprint density at radius 2 is 1.71 bits per heavy atom. The van der Waals surface area contributed by atoms with E-state index in [1.807, 2.05) is 30.3 Å². The monoisotopic (exact) mass is 348 g/mol. The lowest BCUT2D eigenvalue weighted by Gasteiger charge is -2.19. The van der Waals surface area contributed by atoms with E-state index in [1.165, 1.54) is 7.05 Å². The first-order chi connectivity index (χ1) is 11.4. The molecule has 0 saturated carbocycles. The summed E-state index contributed by atoms with van der Waals surface area (Å²) in [5.41, 5.74) is 0.631. The molecule has 1 N–H and O–H groups in total. The first kappa shape index (κ1) is 17.8. The number of amides is 1. The van der Waals surface area contributed by atoms with Gasteiger partial charge in [0.1, 0.15) is 12.4 Å². The van der Waals surface area contributed by atoms with E-state index in [1.54, 1.807) is 24.3 Å². The van der Waals surface area contributed by atoms with E-state index in [2.05, 4.69) is 5.32 Å². The van der Waals surface area contributed by atoms with Crippen molar-refractivity contribution in [2.75, 3.05) is 30.8 Å². The molecule has 0 unspecified atom stereocenters. The Kier molecular flexibility index (Phi) is 5.81. The molecule has 0 bridgehead atoms. The number of anilines is 1. The van der Waals surface area contributed by atoms with E-state index >= 15 is 0 Å². The van der Waals surface area contributed by atoms with Gasteiger partial charge >= 0.3 is 0 Å². The molecule has 128 valence electrons. The normalized spacial score (nSPS) is 10.9. The summed E-state index contributed by atoms with van der Waals surface area (Å²) >= 11 is 0. The topological polar surface area (TPSA) is 75.7 Å². The van der Waals surface area contributed by atoms with Gasteiger partial charge in [-0.1, -0.05) is 30.3 Å². The minimum absolute atomic E-state index is 0.296. The van der Waals surface area contributed by atoms with Gasteiger partial charge in [0, 0.05) is 7.05 Å². The number of sulfonamides is 1. The van der Waals surface area contributed by atoms with E-state index in [9.17, 15) is 13.2 Å². The van der Waals surface area contributed by atoms with Gasteiger partial charge in [0.25, 0.3) is 5.91 Å². The van der Waals surface area contributed by atoms with Gasteiger partial charge in [0.05, 0.1) is 24.1 Å². The van der Waals surface area contributed by atoms with E-state index in [0.29, 0.717) is 24.4 Å². The summed E-state index contributed by atoms with van der Waals surface area (Å²) in [5.74, 6) is 0.377. The summed E-state index contributed by atoms with van der Waals surface area (Å²) in [6, 6.07) is 15.8. The summed E-state index contributed by atoms with van der Waals surface area (Å²) in [6.45, 7) is 0.629. The second-order valence-electron chi connectivity index (χ2n) is 5.17. The largest absolute Gasteiger partial charge is 0.492 e. The highest BCUT2D eigenvalue weighted by Gasteiger charge is 2.19. The number of para-hydroxylation sites is 2. The van der Waals surface area contributed by atoms with Crippen LogP contribution in [0.15, 0.2) is 54.6 Å². The molecule has 2 aromatic rings. The fraction of sp³-hybridized carbons (Fsp3) is 0.235. The highest BCUT2D eigenvalue weighted by molar-refractivity contribution is 7.92. The minimum atomic E-state index is -3.44. The summed E-state index contributed by atoms with van der Waals surface area (Å²) in [5, 5.41) is 2.73. The van der Waals surface area contributed by atoms with Crippen LogP contribution in [0.3, 0.4) is 0 Å². The first-order valence-corrected chi connectivity index (χ1v) is 9.23. The minimum Gasteiger partial charge on any atom is -0.492 e. The van der Waals surface area contributed by atoms with Crippen molar-refractivity contribution < 1.29 is 17.9 Å². The number of carbonyl (C=O) groups excluding carboxylic acids is 1. The SMILES string of the molecule is CN(c1ccccc1C(=O)NCCOc1ccccc1)S(C)(=O)=O. The van der Waals surface area contributed by atoms with Crippen LogP contribution >= 0.6 is 0 Å². The van der Waals surface area contributed by atoms with E-state index < -0.39 is 10.0 Å². The van der Waals surface area contributed by atoms with Gasteiger partial charge in [0.15, 0.2) is 0 Å². The number of carbonyl (C=O) groups is 1. The molecule has 0 radical (unpaired) electrons. The van der Waals surface area contributed by atoms with Crippen LogP contribution in [-0.4, -0.2) is 40.8 Å². The van der Waals surface area contributed by atoms with Gasteiger partial charge < -0.3 is 10.1 Å². The summed E-state index contributed by atoms with van der Waals surface area (Å²) < 4.78 is 30.0. The zero-order valence-corrected chi connectivity index (χ0v) is 14.4. The van der Waals surface area contributed by atoms with Crippen LogP contribution in [0, 0.1) is 0 Å². The van der Waals surface area contributed by atoms with Crippen molar-refractivity contribution >= 4 is 21.6 Å². The fourth-order valence-corrected chi connectivity index (χ4v) is 2.58. The van der Waals surface area contributed by atoms with E-state index in [4.69, 9.17) is 4.74 Å². The first-order valence-electron chi connectivity index (χ1n) is 7.38. The van der Waals surface area contributed by atoms with Crippen molar-refractivity contribution in [1.82, 2.24) is 5.32 Å². The zero-order chi connectivity index (χ0) is 17.6. The van der Waals surface area contributed by atoms with Gasteiger partial charge in [0.2, 0.25) is 10.0 Å². The number of nitrogens with zero attached hydrogens (tertiary/aromatic N) is 1. The van der Waals surface area contributed by atoms with Crippen LogP contribution in [0.2, 0.25) is 0 Å². The standard InChI is InChI=1S/C17H20N2O4S/c1-19(24(2,21)22)16-11-7-6-10-15(16)17(20)18-12-13-23-14-8-4-3-5-9-14/h3-11H,12-13H2,1-2H3,(H,18,20). The van der Waals surface area contributed by atoms with Gasteiger partial charge in [-0.15, -0.1) is 0 Å². The second kappa shape index (κ2) is 7.83. The summed E-state index contributed by atoms with van der Waals surface area (Å²) in [4.78, 5) is 12.3. The highest BCUT2D eigenvalue weighted by atomic mass is 32.2. The van der Waals surface area contributed by atoms with Crippen LogP contribution in [0.25, 0.3) is 0 Å². The lowest BCUT2D eigenvalue weighted by molar-refractivity contribution is 0.0947. The number of nitrogens with one attached hydrogen (secondary N) is 1. The Bertz CT molecular complexity index is 791. The van der Waals surface area contributed by atoms with Crippen LogP contribution in [0.1, 0.15) is 10.4 Å². The molecule has 0 aromatic heterocycles. The number of ether oxygens (including phenoxy) is 1. The maximum absolute atomic E-state index is 12.3. The Balaban J connectivity index is 1.98. The molecule has 6 nitrogen and oxygen atoms in total. The molecular weight excluding hydrogens is 328 g/mol. The maximum atomic E-state index is 12.3. The molecular formula is C17H20N2O4S. The van der Waals surface area contributed by atoms with Crippen LogP contribution in [-0.2, 0) is 10.0 Å². The van der Waals surface area contributed by atoms with Crippen LogP contribution < -0.4 is 14.4 Å². The van der Waals surface area contributed by atoms with Crippen molar-refractivity contribution in [2.24, 2.45) is 0 Å². The molecule has 0 fully saturated rings. The molecule has 0 spiro atoms. The van der Waals surface area contributed by atoms with Crippen LogP contribution in [0.4, 0.5) is 5.69 Å². The number of hydrogen-bond donors (Lipinski definition) is 1. The number of rotatable bonds is 7. The van der Waals surface area contributed by atoms with Crippen molar-refractivity contribution in [3.8, 4) is 5.75 Å². The Morgan fingerprint density at radius 3 is 2.38 bits per heavy atom. The number of hydrogen-bond acceptors (Lipinski definition) is 4. The second-order valence-corrected chi connectivity index (χ2v) is 7.18. The third kappa shape index (κ3) is 4.73. The molecule has 2 aromatic carbocycles. The molecule has 7 heteroatoms. The predicted octanol–water partition coefficient (Wildman–Crippen LogP) is 1.89. The fourth-order valence-electron chi connectivity index (χ4n) is 2.06. The Labute approximate surface area is 142 Å². The highest BCUT2D eigenvalue weighted by Crippen LogP contribution is 2.21. The van der Waals surface area contributed by atoms with Crippen molar-refractivity contribution in [3.05, 3.63) is 60.2 Å². The van der Waals surface area contributed by atoms with Crippen molar-refractivity contribution in [2.45, 2.75) is 0 Å². The van der Waals surface area contributed by atoms with Crippen molar-refractivity contribution in [1.29, 1.82) is 0 Å². The van der Waals surface area contributed by atoms with E-state index in [-0.39, 0.29) is 5.91 Å². The Hall–Kier alpha value is -2.54. The zero-order valence-electron chi connectivity index (χ0n) is 13.6. The molecule has 0 heterocycles. The lowest BCUT2D eigenvalue weighted by Crippen LogP contribution is -2.31. The molecule has 2 rings (SSSR count). The lowest BCUT2D eigenvalue weighted by atomic mass is 10.1.